The minimum Gasteiger partial charge on any atom is -0.393 e. The van der Waals surface area contributed by atoms with Crippen molar-refractivity contribution < 1.29 is 37.8 Å². The number of aliphatic hydroxyl groups excluding tert-OH is 2. The van der Waals surface area contributed by atoms with Crippen LogP contribution < -0.4 is 31.4 Å². The van der Waals surface area contributed by atoms with Crippen molar-refractivity contribution in [1.82, 2.24) is 38.6 Å². The van der Waals surface area contributed by atoms with Crippen LogP contribution >= 0.6 is 0 Å². The monoisotopic (exact) mass is 1020 g/mol. The number of anilines is 3. The third-order valence-corrected chi connectivity index (χ3v) is 11.9. The molecule has 3 aromatic carbocycles. The molecule has 0 atom stereocenters. The number of aromatic nitrogens is 6. The maximum absolute atomic E-state index is 14.7. The van der Waals surface area contributed by atoms with Crippen molar-refractivity contribution in [2.45, 2.75) is 41.5 Å². The van der Waals surface area contributed by atoms with Gasteiger partial charge in [0.1, 0.15) is 67.4 Å². The van der Waals surface area contributed by atoms with E-state index in [2.05, 4.69) is 25.2 Å². The second-order valence-corrected chi connectivity index (χ2v) is 17.1. The quantitative estimate of drug-likeness (QED) is 0.224. The lowest BCUT2D eigenvalue weighted by molar-refractivity contribution is -0.135. The number of aliphatic hydroxyl groups is 2. The molecule has 6 heterocycles. The van der Waals surface area contributed by atoms with Gasteiger partial charge in [-0.1, -0.05) is 5.16 Å². The molecule has 0 aliphatic carbocycles. The standard InChI is InChI=1S/C18H21FN4O3.C17H18FN5O3.C15H15FN4O2/c1-12-9-17(25)23(13(2)20-12)14-3-4-16(15(19)10-14)21-5-7-22(8-6-21)18(26)11-24;1-11-7-16(25)23(12(2)20-11)13-3-4-15(14(18)8-13)21-5-6-22(19-10-21)17(26)9-24;1-10-7-15(21)20(11(2)18-10)12-3-4-14(13(16)8-12)19-5-6-22-17-9-19/h3-4,9-10,24H,5-8,11H2,1-2H3;3-4,7-8,10,24H,5-6,9H2,1-2H3;3-4,7-9H,5-6H2,1-2H3. The van der Waals surface area contributed by atoms with Crippen LogP contribution in [0, 0.1) is 59.0 Å². The Hall–Kier alpha value is -8.51. The van der Waals surface area contributed by atoms with Gasteiger partial charge in [-0.3, -0.25) is 37.7 Å². The number of carbonyl (C=O) groups excluding carboxylic acids is 2. The van der Waals surface area contributed by atoms with E-state index in [4.69, 9.17) is 15.1 Å². The Morgan fingerprint density at radius 3 is 1.30 bits per heavy atom. The van der Waals surface area contributed by atoms with Gasteiger partial charge in [0.25, 0.3) is 22.6 Å². The molecular formula is C50H54F3N13O8. The van der Waals surface area contributed by atoms with Crippen molar-refractivity contribution in [3.63, 3.8) is 0 Å². The number of carbonyl (C=O) groups is 2. The number of amides is 2. The van der Waals surface area contributed by atoms with E-state index in [1.807, 2.05) is 4.90 Å². The Balaban J connectivity index is 0.000000163. The number of hydrogen-bond donors (Lipinski definition) is 2. The molecule has 6 aromatic rings. The van der Waals surface area contributed by atoms with E-state index in [9.17, 15) is 37.1 Å². The maximum atomic E-state index is 14.7. The Bertz CT molecular complexity index is 3320. The molecule has 0 unspecified atom stereocenters. The number of halogens is 3. The number of piperazine rings is 1. The summed E-state index contributed by atoms with van der Waals surface area (Å²) in [6, 6.07) is 18.0. The first-order valence-corrected chi connectivity index (χ1v) is 23.3. The molecular weight excluding hydrogens is 968 g/mol. The summed E-state index contributed by atoms with van der Waals surface area (Å²) in [6.45, 7) is 12.5. The predicted molar refractivity (Wildman–Crippen MR) is 270 cm³/mol. The molecule has 2 amide bonds. The average Bonchev–Trinajstić information content (AvgIpc) is 3.36. The second-order valence-electron chi connectivity index (χ2n) is 17.1. The largest absolute Gasteiger partial charge is 0.393 e. The Morgan fingerprint density at radius 1 is 0.527 bits per heavy atom. The zero-order valence-corrected chi connectivity index (χ0v) is 41.4. The number of hydrogen-bond acceptors (Lipinski definition) is 16. The molecule has 24 heteroatoms. The summed E-state index contributed by atoms with van der Waals surface area (Å²) >= 11 is 0. The fourth-order valence-corrected chi connectivity index (χ4v) is 8.51. The zero-order valence-electron chi connectivity index (χ0n) is 41.4. The number of nitrogens with zero attached hydrogens (tertiary/aromatic N) is 13. The van der Waals surface area contributed by atoms with Gasteiger partial charge in [0.15, 0.2) is 0 Å². The summed E-state index contributed by atoms with van der Waals surface area (Å²) in [4.78, 5) is 83.7. The average molecular weight is 1020 g/mol. The number of aryl methyl sites for hydroxylation is 6. The first-order chi connectivity index (χ1) is 35.4. The van der Waals surface area contributed by atoms with Gasteiger partial charge in [-0.25, -0.2) is 33.1 Å². The van der Waals surface area contributed by atoms with Gasteiger partial charge in [0, 0.05) is 86.2 Å². The Kier molecular flexibility index (Phi) is 16.8. The van der Waals surface area contributed by atoms with E-state index in [0.717, 1.165) is 5.01 Å². The number of benzene rings is 3. The lowest BCUT2D eigenvalue weighted by Crippen LogP contribution is -2.49. The highest BCUT2D eigenvalue weighted by Crippen LogP contribution is 2.26. The van der Waals surface area contributed by atoms with Gasteiger partial charge in [0.2, 0.25) is 5.91 Å². The van der Waals surface area contributed by atoms with E-state index >= 15 is 0 Å². The van der Waals surface area contributed by atoms with E-state index in [1.165, 1.54) is 62.8 Å². The van der Waals surface area contributed by atoms with Crippen molar-refractivity contribution in [2.75, 3.05) is 80.3 Å². The molecule has 0 bridgehead atoms. The molecule has 0 spiro atoms. The smallest absolute Gasteiger partial charge is 0.268 e. The van der Waals surface area contributed by atoms with Gasteiger partial charge in [-0.15, -0.1) is 0 Å². The molecule has 1 saturated heterocycles. The van der Waals surface area contributed by atoms with Gasteiger partial charge in [-0.2, -0.15) is 5.10 Å². The molecule has 3 aliphatic rings. The topological polar surface area (TPSA) is 229 Å². The minimum absolute atomic E-state index is 0.231. The summed E-state index contributed by atoms with van der Waals surface area (Å²) in [5.74, 6) is -0.736. The van der Waals surface area contributed by atoms with Crippen LogP contribution in [0.25, 0.3) is 17.1 Å². The van der Waals surface area contributed by atoms with Crippen LogP contribution in [0.1, 0.15) is 34.6 Å². The van der Waals surface area contributed by atoms with Crippen LogP contribution in [0.15, 0.2) is 97.4 Å². The number of rotatable bonds is 8. The Labute approximate surface area is 421 Å². The molecule has 21 nitrogen and oxygen atoms in total. The third-order valence-electron chi connectivity index (χ3n) is 11.9. The lowest BCUT2D eigenvalue weighted by Gasteiger charge is -2.36. The summed E-state index contributed by atoms with van der Waals surface area (Å²) in [7, 11) is 0. The van der Waals surface area contributed by atoms with Crippen LogP contribution in [0.2, 0.25) is 0 Å². The van der Waals surface area contributed by atoms with E-state index in [-0.39, 0.29) is 34.8 Å². The third kappa shape index (κ3) is 12.2. The second kappa shape index (κ2) is 23.4. The van der Waals surface area contributed by atoms with E-state index < -0.39 is 36.6 Å². The van der Waals surface area contributed by atoms with Crippen LogP contribution in [0.5, 0.6) is 0 Å². The summed E-state index contributed by atoms with van der Waals surface area (Å²) < 4.78 is 47.8. The molecule has 388 valence electrons. The highest BCUT2D eigenvalue weighted by atomic mass is 19.1. The predicted octanol–water partition coefficient (Wildman–Crippen LogP) is 2.97. The summed E-state index contributed by atoms with van der Waals surface area (Å²) in [5, 5.41) is 26.5. The van der Waals surface area contributed by atoms with Gasteiger partial charge < -0.3 is 34.7 Å². The first-order valence-electron chi connectivity index (χ1n) is 23.3. The van der Waals surface area contributed by atoms with Crippen LogP contribution in [-0.2, 0) is 14.4 Å². The van der Waals surface area contributed by atoms with Gasteiger partial charge >= 0.3 is 0 Å². The van der Waals surface area contributed by atoms with Crippen molar-refractivity contribution in [3.8, 4) is 17.1 Å². The molecule has 1 fully saturated rings. The molecule has 3 aliphatic heterocycles. The van der Waals surface area contributed by atoms with Crippen molar-refractivity contribution in [3.05, 3.63) is 156 Å². The highest BCUT2D eigenvalue weighted by Gasteiger charge is 2.24. The van der Waals surface area contributed by atoms with E-state index in [1.54, 1.807) is 92.6 Å². The molecule has 74 heavy (non-hydrogen) atoms. The van der Waals surface area contributed by atoms with Crippen molar-refractivity contribution in [2.24, 2.45) is 10.3 Å². The SMILES string of the molecule is Cc1cc(=O)n(-c2ccc(N3C=NN(C(=O)CO)CC3)c(F)c2)c(C)n1.Cc1cc(=O)n(-c2ccc(N3C=NOCC3)c(F)c2)c(C)n1.Cc1cc(=O)n(-c2ccc(N3CCN(C(=O)CO)CC3)c(F)c2)c(C)n1. The summed E-state index contributed by atoms with van der Waals surface area (Å²) in [6.07, 6.45) is 2.77. The molecule has 0 radical (unpaired) electrons. The van der Waals surface area contributed by atoms with E-state index in [0.29, 0.717) is 109 Å². The molecule has 3 aromatic heterocycles. The lowest BCUT2D eigenvalue weighted by atomic mass is 10.2. The maximum Gasteiger partial charge on any atom is 0.268 e. The van der Waals surface area contributed by atoms with Gasteiger partial charge in [0.05, 0.1) is 47.2 Å². The molecule has 0 saturated carbocycles. The number of oxime groups is 1. The normalized spacial score (nSPS) is 14.2. The fraction of sp³-hybridized carbons (Fsp3) is 0.320. The summed E-state index contributed by atoms with van der Waals surface area (Å²) in [5.41, 5.74) is 3.45. The van der Waals surface area contributed by atoms with Crippen molar-refractivity contribution in [1.29, 1.82) is 0 Å². The minimum atomic E-state index is -0.626. The van der Waals surface area contributed by atoms with Crippen molar-refractivity contribution >= 4 is 41.6 Å². The zero-order chi connectivity index (χ0) is 53.4. The first kappa shape index (κ1) is 53.3. The van der Waals surface area contributed by atoms with Crippen LogP contribution in [0.4, 0.5) is 30.2 Å². The molecule has 2 N–H and O–H groups in total. The Morgan fingerprint density at radius 2 is 0.946 bits per heavy atom. The van der Waals surface area contributed by atoms with Crippen LogP contribution in [-0.4, -0.2) is 139 Å². The number of hydrazone groups is 1. The van der Waals surface area contributed by atoms with Crippen LogP contribution in [0.3, 0.4) is 0 Å². The van der Waals surface area contributed by atoms with Gasteiger partial charge in [-0.05, 0) is 77.9 Å². The fourth-order valence-electron chi connectivity index (χ4n) is 8.51. The molecule has 9 rings (SSSR count). The highest BCUT2D eigenvalue weighted by molar-refractivity contribution is 5.84.